The number of fused-ring (bicyclic) bond motifs is 1. The van der Waals surface area contributed by atoms with Crippen molar-refractivity contribution in [2.75, 3.05) is 11.5 Å². The fraction of sp³-hybridized carbons (Fsp3) is 0.300. The van der Waals surface area contributed by atoms with Crippen LogP contribution < -0.4 is 5.73 Å². The van der Waals surface area contributed by atoms with E-state index in [0.29, 0.717) is 9.47 Å². The summed E-state index contributed by atoms with van der Waals surface area (Å²) >= 11 is 6.09. The van der Waals surface area contributed by atoms with E-state index in [1.54, 1.807) is 27.7 Å². The number of carbonyl (C=O) groups is 1. The van der Waals surface area contributed by atoms with Crippen LogP contribution >= 0.6 is 45.8 Å². The minimum Gasteiger partial charge on any atom is -0.374 e. The van der Waals surface area contributed by atoms with E-state index in [1.165, 1.54) is 38.4 Å². The molecule has 10 heteroatoms. The molecule has 0 spiro atoms. The lowest BCUT2D eigenvalue weighted by Crippen LogP contribution is -2.32. The zero-order valence-electron chi connectivity index (χ0n) is 15.9. The summed E-state index contributed by atoms with van der Waals surface area (Å²) in [6, 6.07) is 8.32. The number of rotatable bonds is 5. The second kappa shape index (κ2) is 8.62. The number of hydrazone groups is 1. The smallest absolute Gasteiger partial charge is 0.253 e. The Morgan fingerprint density at radius 2 is 2.13 bits per heavy atom. The third-order valence-corrected chi connectivity index (χ3v) is 8.83. The Hall–Kier alpha value is -2.01. The van der Waals surface area contributed by atoms with Crippen LogP contribution in [0, 0.1) is 5.92 Å². The van der Waals surface area contributed by atoms with Crippen molar-refractivity contribution in [1.82, 2.24) is 15.2 Å². The third kappa shape index (κ3) is 3.96. The topological polar surface area (TPSA) is 84.5 Å². The zero-order valence-corrected chi connectivity index (χ0v) is 19.2. The summed E-state index contributed by atoms with van der Waals surface area (Å²) in [4.78, 5) is 15.6. The van der Waals surface area contributed by atoms with Crippen LogP contribution in [-0.4, -0.2) is 32.6 Å². The SMILES string of the molecule is Nc1nnc(SCC(=O)N2N=C3/C(=C/c4cccs4)CCC[C@@H]3[C@H]2c2cccs2)s1. The van der Waals surface area contributed by atoms with Gasteiger partial charge in [-0.1, -0.05) is 35.2 Å². The number of carbonyl (C=O) groups excluding carboxylic acids is 1. The molecule has 2 N–H and O–H groups in total. The lowest BCUT2D eigenvalue weighted by molar-refractivity contribution is -0.130. The van der Waals surface area contributed by atoms with Crippen LogP contribution in [0.15, 0.2) is 50.0 Å². The summed E-state index contributed by atoms with van der Waals surface area (Å²) in [5, 5.41) is 19.0. The fourth-order valence-corrected chi connectivity index (χ4v) is 7.00. The van der Waals surface area contributed by atoms with Gasteiger partial charge in [-0.15, -0.1) is 32.9 Å². The van der Waals surface area contributed by atoms with E-state index in [0.717, 1.165) is 25.0 Å². The van der Waals surface area contributed by atoms with Crippen molar-refractivity contribution in [2.45, 2.75) is 29.6 Å². The highest BCUT2D eigenvalue weighted by molar-refractivity contribution is 8.01. The van der Waals surface area contributed by atoms with Gasteiger partial charge in [0.25, 0.3) is 5.91 Å². The first-order valence-corrected chi connectivity index (χ1v) is 13.2. The van der Waals surface area contributed by atoms with Crippen molar-refractivity contribution in [3.63, 3.8) is 0 Å². The van der Waals surface area contributed by atoms with Gasteiger partial charge in [0.1, 0.15) is 0 Å². The van der Waals surface area contributed by atoms with Crippen molar-refractivity contribution >= 4 is 68.6 Å². The van der Waals surface area contributed by atoms with Gasteiger partial charge in [-0.3, -0.25) is 4.79 Å². The van der Waals surface area contributed by atoms with Gasteiger partial charge in [0.2, 0.25) is 5.13 Å². The van der Waals surface area contributed by atoms with E-state index in [-0.39, 0.29) is 23.6 Å². The van der Waals surface area contributed by atoms with E-state index in [9.17, 15) is 4.79 Å². The number of nitrogen functional groups attached to an aromatic ring is 1. The molecule has 0 bridgehead atoms. The van der Waals surface area contributed by atoms with Gasteiger partial charge in [0.15, 0.2) is 4.34 Å². The first kappa shape index (κ1) is 19.9. The first-order valence-electron chi connectivity index (χ1n) is 9.59. The van der Waals surface area contributed by atoms with Crippen LogP contribution in [0.3, 0.4) is 0 Å². The summed E-state index contributed by atoms with van der Waals surface area (Å²) < 4.78 is 0.705. The van der Waals surface area contributed by atoms with Gasteiger partial charge in [0.05, 0.1) is 17.5 Å². The molecule has 0 unspecified atom stereocenters. The lowest BCUT2D eigenvalue weighted by atomic mass is 9.79. The van der Waals surface area contributed by atoms with Crippen molar-refractivity contribution in [3.8, 4) is 0 Å². The molecule has 1 aliphatic heterocycles. The van der Waals surface area contributed by atoms with Crippen LogP contribution in [0.25, 0.3) is 6.08 Å². The van der Waals surface area contributed by atoms with Crippen molar-refractivity contribution in [2.24, 2.45) is 11.0 Å². The molecule has 154 valence electrons. The molecule has 1 fully saturated rings. The second-order valence-corrected chi connectivity index (χ2v) is 11.3. The molecule has 0 aromatic carbocycles. The van der Waals surface area contributed by atoms with Crippen LogP contribution in [0.4, 0.5) is 5.13 Å². The minimum atomic E-state index is -0.0281. The number of thiophene rings is 2. The fourth-order valence-electron chi connectivity index (χ4n) is 3.96. The van der Waals surface area contributed by atoms with Gasteiger partial charge in [-0.05, 0) is 53.8 Å². The Labute approximate surface area is 190 Å². The number of nitrogens with two attached hydrogens (primary N) is 1. The predicted octanol–water partition coefficient (Wildman–Crippen LogP) is 5.16. The highest BCUT2D eigenvalue weighted by Gasteiger charge is 2.44. The number of amides is 1. The number of nitrogens with zero attached hydrogens (tertiary/aromatic N) is 4. The Bertz CT molecular complexity index is 1090. The molecule has 5 rings (SSSR count). The number of anilines is 1. The van der Waals surface area contributed by atoms with Crippen molar-refractivity contribution < 1.29 is 4.79 Å². The average molecular weight is 474 g/mol. The van der Waals surface area contributed by atoms with E-state index in [2.05, 4.69) is 45.2 Å². The summed E-state index contributed by atoms with van der Waals surface area (Å²) in [6.07, 6.45) is 5.41. The summed E-state index contributed by atoms with van der Waals surface area (Å²) in [6.45, 7) is 0. The molecule has 30 heavy (non-hydrogen) atoms. The van der Waals surface area contributed by atoms with Gasteiger partial charge in [-0.25, -0.2) is 5.01 Å². The monoisotopic (exact) mass is 473 g/mol. The standard InChI is InChI=1S/C20H19N5OS4/c21-19-22-23-20(30-19)29-11-16(26)25-18(15-7-3-9-28-15)14-6-1-4-12(17(14)24-25)10-13-5-2-8-27-13/h2-3,5,7-10,14,18H,1,4,6,11H2,(H2,21,22)/b12-10+/t14-,18-/m0/s1. The summed E-state index contributed by atoms with van der Waals surface area (Å²) in [7, 11) is 0. The molecule has 3 aromatic heterocycles. The van der Waals surface area contributed by atoms with E-state index < -0.39 is 0 Å². The maximum atomic E-state index is 13.2. The molecular formula is C20H19N5OS4. The molecule has 3 aromatic rings. The normalized spacial score (nSPS) is 22.3. The predicted molar refractivity (Wildman–Crippen MR) is 126 cm³/mol. The number of allylic oxidation sites excluding steroid dienone is 1. The summed E-state index contributed by atoms with van der Waals surface area (Å²) in [5.74, 6) is 0.503. The molecule has 4 heterocycles. The van der Waals surface area contributed by atoms with Crippen LogP contribution in [0.2, 0.25) is 0 Å². The Morgan fingerprint density at radius 3 is 2.87 bits per heavy atom. The van der Waals surface area contributed by atoms with Gasteiger partial charge < -0.3 is 5.73 Å². The first-order chi connectivity index (χ1) is 14.7. The lowest BCUT2D eigenvalue weighted by Gasteiger charge is -2.28. The van der Waals surface area contributed by atoms with Crippen molar-refractivity contribution in [3.05, 3.63) is 50.4 Å². The quantitative estimate of drug-likeness (QED) is 0.518. The number of aromatic nitrogens is 2. The Morgan fingerprint density at radius 1 is 1.27 bits per heavy atom. The molecular weight excluding hydrogens is 455 g/mol. The minimum absolute atomic E-state index is 0.00968. The second-order valence-electron chi connectivity index (χ2n) is 7.06. The number of hydrogen-bond acceptors (Lipinski definition) is 9. The third-order valence-electron chi connectivity index (χ3n) is 5.19. The maximum absolute atomic E-state index is 13.2. The molecule has 1 amide bonds. The van der Waals surface area contributed by atoms with E-state index >= 15 is 0 Å². The molecule has 2 aliphatic rings. The molecule has 6 nitrogen and oxygen atoms in total. The maximum Gasteiger partial charge on any atom is 0.253 e. The Kier molecular flexibility index (Phi) is 5.72. The highest BCUT2D eigenvalue weighted by Crippen LogP contribution is 2.46. The molecule has 0 radical (unpaired) electrons. The van der Waals surface area contributed by atoms with Crippen molar-refractivity contribution in [1.29, 1.82) is 0 Å². The van der Waals surface area contributed by atoms with Gasteiger partial charge in [0, 0.05) is 15.7 Å². The van der Waals surface area contributed by atoms with E-state index in [1.807, 2.05) is 6.07 Å². The number of thioether (sulfide) groups is 1. The Balaban J connectivity index is 1.44. The van der Waals surface area contributed by atoms with Crippen LogP contribution in [0.1, 0.15) is 35.1 Å². The van der Waals surface area contributed by atoms with E-state index in [4.69, 9.17) is 10.8 Å². The number of hydrogen-bond donors (Lipinski definition) is 1. The summed E-state index contributed by atoms with van der Waals surface area (Å²) in [5.41, 5.74) is 7.99. The van der Waals surface area contributed by atoms with Gasteiger partial charge >= 0.3 is 0 Å². The highest BCUT2D eigenvalue weighted by atomic mass is 32.2. The molecule has 1 saturated carbocycles. The molecule has 2 atom stereocenters. The van der Waals surface area contributed by atoms with Crippen LogP contribution in [-0.2, 0) is 4.79 Å². The molecule has 0 saturated heterocycles. The van der Waals surface area contributed by atoms with Gasteiger partial charge in [-0.2, -0.15) is 5.10 Å². The average Bonchev–Trinajstić information content (AvgIpc) is 3.52. The largest absolute Gasteiger partial charge is 0.374 e. The van der Waals surface area contributed by atoms with Crippen LogP contribution in [0.5, 0.6) is 0 Å². The zero-order chi connectivity index (χ0) is 20.5. The molecule has 1 aliphatic carbocycles.